The van der Waals surface area contributed by atoms with Gasteiger partial charge in [0.1, 0.15) is 5.39 Å². The van der Waals surface area contributed by atoms with Crippen LogP contribution < -0.4 is 11.2 Å². The van der Waals surface area contributed by atoms with E-state index in [0.29, 0.717) is 0 Å². The summed E-state index contributed by atoms with van der Waals surface area (Å²) in [7, 11) is 0. The Bertz CT molecular complexity index is 660. The molecule has 16 heavy (non-hydrogen) atoms. The molecule has 0 aromatic carbocycles. The van der Waals surface area contributed by atoms with Crippen molar-refractivity contribution >= 4 is 11.1 Å². The van der Waals surface area contributed by atoms with E-state index in [1.54, 1.807) is 0 Å². The fourth-order valence-corrected chi connectivity index (χ4v) is 1.23. The Morgan fingerprint density at radius 1 is 1.44 bits per heavy atom. The van der Waals surface area contributed by atoms with Gasteiger partial charge in [0.25, 0.3) is 12.0 Å². The van der Waals surface area contributed by atoms with Gasteiger partial charge in [-0.1, -0.05) is 0 Å². The van der Waals surface area contributed by atoms with Crippen LogP contribution in [0.5, 0.6) is 0 Å². The Morgan fingerprint density at radius 3 is 2.75 bits per heavy atom. The van der Waals surface area contributed by atoms with Gasteiger partial charge >= 0.3 is 5.63 Å². The first kappa shape index (κ1) is 10.5. The SMILES string of the molecule is Cc1cc2c(=O)[nH]c(C(F)F)nc2oc1=O. The summed E-state index contributed by atoms with van der Waals surface area (Å²) < 4.78 is 29.2. The maximum Gasteiger partial charge on any atom is 0.340 e. The van der Waals surface area contributed by atoms with Gasteiger partial charge in [-0.15, -0.1) is 0 Å². The van der Waals surface area contributed by atoms with Crippen molar-refractivity contribution in [2.45, 2.75) is 13.3 Å². The lowest BCUT2D eigenvalue weighted by atomic mass is 10.2. The smallest absolute Gasteiger partial charge is 0.340 e. The molecule has 5 nitrogen and oxygen atoms in total. The van der Waals surface area contributed by atoms with Gasteiger partial charge < -0.3 is 9.40 Å². The second-order valence-corrected chi connectivity index (χ2v) is 3.19. The number of aromatic nitrogens is 2. The summed E-state index contributed by atoms with van der Waals surface area (Å²) in [6.07, 6.45) is -2.93. The van der Waals surface area contributed by atoms with Gasteiger partial charge in [0.05, 0.1) is 0 Å². The van der Waals surface area contributed by atoms with Crippen LogP contribution in [0.3, 0.4) is 0 Å². The van der Waals surface area contributed by atoms with Crippen LogP contribution in [0.25, 0.3) is 11.1 Å². The highest BCUT2D eigenvalue weighted by Crippen LogP contribution is 2.14. The maximum atomic E-state index is 12.3. The highest BCUT2D eigenvalue weighted by atomic mass is 19.3. The lowest BCUT2D eigenvalue weighted by molar-refractivity contribution is 0.140. The lowest BCUT2D eigenvalue weighted by Crippen LogP contribution is -2.15. The average Bonchev–Trinajstić information content (AvgIpc) is 2.20. The molecule has 0 radical (unpaired) electrons. The van der Waals surface area contributed by atoms with E-state index in [4.69, 9.17) is 0 Å². The minimum Gasteiger partial charge on any atom is -0.403 e. The Labute approximate surface area is 86.7 Å². The number of fused-ring (bicyclic) bond motifs is 1. The number of H-pyrrole nitrogens is 1. The number of hydrogen-bond donors (Lipinski definition) is 1. The summed E-state index contributed by atoms with van der Waals surface area (Å²) in [5.41, 5.74) is -1.63. The molecule has 0 aliphatic carbocycles. The molecule has 7 heteroatoms. The van der Waals surface area contributed by atoms with Crippen molar-refractivity contribution in [3.63, 3.8) is 0 Å². The fourth-order valence-electron chi connectivity index (χ4n) is 1.23. The van der Waals surface area contributed by atoms with E-state index in [1.807, 2.05) is 4.98 Å². The zero-order valence-corrected chi connectivity index (χ0v) is 8.08. The number of nitrogens with one attached hydrogen (secondary N) is 1. The van der Waals surface area contributed by atoms with E-state index in [1.165, 1.54) is 13.0 Å². The molecule has 1 N–H and O–H groups in total. The van der Waals surface area contributed by atoms with Crippen LogP contribution >= 0.6 is 0 Å². The molecule has 2 rings (SSSR count). The fraction of sp³-hybridized carbons (Fsp3) is 0.222. The molecule has 0 atom stereocenters. The van der Waals surface area contributed by atoms with Gasteiger partial charge in [-0.25, -0.2) is 13.6 Å². The molecule has 0 spiro atoms. The predicted octanol–water partition coefficient (Wildman–Crippen LogP) is 1.12. The molecule has 0 bridgehead atoms. The van der Waals surface area contributed by atoms with Crippen LogP contribution in [0.2, 0.25) is 0 Å². The molecule has 0 unspecified atom stereocenters. The molecule has 0 aliphatic rings. The number of halogens is 2. The third-order valence-electron chi connectivity index (χ3n) is 2.02. The average molecular weight is 228 g/mol. The largest absolute Gasteiger partial charge is 0.403 e. The van der Waals surface area contributed by atoms with Gasteiger partial charge in [0, 0.05) is 5.56 Å². The third-order valence-corrected chi connectivity index (χ3v) is 2.02. The van der Waals surface area contributed by atoms with Crippen LogP contribution in [0.1, 0.15) is 17.8 Å². The molecule has 0 saturated heterocycles. The molecule has 0 amide bonds. The topological polar surface area (TPSA) is 76.0 Å². The van der Waals surface area contributed by atoms with E-state index in [-0.39, 0.29) is 16.7 Å². The van der Waals surface area contributed by atoms with Crippen molar-refractivity contribution in [1.29, 1.82) is 0 Å². The summed E-state index contributed by atoms with van der Waals surface area (Å²) in [6, 6.07) is 1.25. The molecular formula is C9H6F2N2O3. The first-order chi connectivity index (χ1) is 7.49. The van der Waals surface area contributed by atoms with Crippen LogP contribution in [0.15, 0.2) is 20.1 Å². The standard InChI is InChI=1S/C9H6F2N2O3/c1-3-2-4-7(14)12-6(5(10)11)13-8(4)16-9(3)15/h2,5H,1H3,(H,12,13,14). The Balaban J connectivity index is 2.88. The predicted molar refractivity (Wildman–Crippen MR) is 50.6 cm³/mol. The minimum atomic E-state index is -2.93. The number of hydrogen-bond acceptors (Lipinski definition) is 4. The van der Waals surface area contributed by atoms with Gasteiger partial charge in [-0.3, -0.25) is 4.79 Å². The van der Waals surface area contributed by atoms with E-state index in [0.717, 1.165) is 0 Å². The second-order valence-electron chi connectivity index (χ2n) is 3.19. The van der Waals surface area contributed by atoms with Crippen molar-refractivity contribution < 1.29 is 13.2 Å². The van der Waals surface area contributed by atoms with Crippen LogP contribution in [0, 0.1) is 6.92 Å². The normalized spacial score (nSPS) is 11.2. The molecule has 0 saturated carbocycles. The second kappa shape index (κ2) is 3.51. The molecular weight excluding hydrogens is 222 g/mol. The van der Waals surface area contributed by atoms with E-state index < -0.39 is 23.4 Å². The molecule has 0 fully saturated rings. The van der Waals surface area contributed by atoms with Crippen molar-refractivity contribution in [2.75, 3.05) is 0 Å². The van der Waals surface area contributed by atoms with Crippen molar-refractivity contribution in [1.82, 2.24) is 9.97 Å². The van der Waals surface area contributed by atoms with Crippen molar-refractivity contribution in [3.8, 4) is 0 Å². The zero-order chi connectivity index (χ0) is 11.9. The first-order valence-corrected chi connectivity index (χ1v) is 4.32. The molecule has 2 heterocycles. The number of nitrogens with zero attached hydrogens (tertiary/aromatic N) is 1. The van der Waals surface area contributed by atoms with Crippen molar-refractivity contribution in [2.24, 2.45) is 0 Å². The van der Waals surface area contributed by atoms with E-state index >= 15 is 0 Å². The lowest BCUT2D eigenvalue weighted by Gasteiger charge is -2.00. The van der Waals surface area contributed by atoms with Gasteiger partial charge in [0.2, 0.25) is 5.71 Å². The summed E-state index contributed by atoms with van der Waals surface area (Å²) >= 11 is 0. The van der Waals surface area contributed by atoms with E-state index in [9.17, 15) is 18.4 Å². The molecule has 84 valence electrons. The Kier molecular flexibility index (Phi) is 2.30. The highest BCUT2D eigenvalue weighted by Gasteiger charge is 2.14. The summed E-state index contributed by atoms with van der Waals surface area (Å²) in [5.74, 6) is -0.815. The van der Waals surface area contributed by atoms with Crippen LogP contribution in [0.4, 0.5) is 8.78 Å². The van der Waals surface area contributed by atoms with Gasteiger partial charge in [-0.05, 0) is 13.0 Å². The summed E-state index contributed by atoms with van der Waals surface area (Å²) in [5, 5.41) is -0.0264. The number of alkyl halides is 2. The summed E-state index contributed by atoms with van der Waals surface area (Å²) in [4.78, 5) is 27.8. The third kappa shape index (κ3) is 1.60. The number of aromatic amines is 1. The Hall–Kier alpha value is -2.05. The number of aryl methyl sites for hydroxylation is 1. The monoisotopic (exact) mass is 228 g/mol. The van der Waals surface area contributed by atoms with Gasteiger partial charge in [0.15, 0.2) is 5.82 Å². The maximum absolute atomic E-state index is 12.3. The highest BCUT2D eigenvalue weighted by molar-refractivity contribution is 5.71. The van der Waals surface area contributed by atoms with Crippen molar-refractivity contribution in [3.05, 3.63) is 38.2 Å². The minimum absolute atomic E-state index is 0.0264. The van der Waals surface area contributed by atoms with Crippen LogP contribution in [-0.2, 0) is 0 Å². The Morgan fingerprint density at radius 2 is 2.12 bits per heavy atom. The van der Waals surface area contributed by atoms with E-state index in [2.05, 4.69) is 9.40 Å². The molecule has 2 aromatic rings. The van der Waals surface area contributed by atoms with Crippen LogP contribution in [-0.4, -0.2) is 9.97 Å². The zero-order valence-electron chi connectivity index (χ0n) is 8.08. The quantitative estimate of drug-likeness (QED) is 0.793. The summed E-state index contributed by atoms with van der Waals surface area (Å²) in [6.45, 7) is 1.45. The molecule has 0 aliphatic heterocycles. The first-order valence-electron chi connectivity index (χ1n) is 4.32. The molecule has 2 aromatic heterocycles. The number of rotatable bonds is 1. The van der Waals surface area contributed by atoms with Gasteiger partial charge in [-0.2, -0.15) is 4.98 Å².